The van der Waals surface area contributed by atoms with Crippen LogP contribution in [0.1, 0.15) is 51.8 Å². The molecule has 20 heavy (non-hydrogen) atoms. The minimum Gasteiger partial charge on any atom is -0.374 e. The van der Waals surface area contributed by atoms with Crippen LogP contribution in [0.3, 0.4) is 0 Å². The molecule has 6 heteroatoms. The number of hydrogen-bond acceptors (Lipinski definition) is 5. The Morgan fingerprint density at radius 2 is 2.10 bits per heavy atom. The first-order chi connectivity index (χ1) is 9.70. The molecule has 1 aromatic rings. The molecule has 0 radical (unpaired) electrons. The third-order valence-electron chi connectivity index (χ3n) is 4.09. The highest BCUT2D eigenvalue weighted by atomic mass is 16.5. The Morgan fingerprint density at radius 3 is 2.65 bits per heavy atom. The average molecular weight is 281 g/mol. The van der Waals surface area contributed by atoms with Gasteiger partial charge < -0.3 is 10.1 Å². The summed E-state index contributed by atoms with van der Waals surface area (Å²) in [5, 5.41) is 16.0. The van der Waals surface area contributed by atoms with Crippen molar-refractivity contribution in [2.45, 2.75) is 64.0 Å². The van der Waals surface area contributed by atoms with Crippen molar-refractivity contribution in [2.24, 2.45) is 7.05 Å². The first-order valence-electron chi connectivity index (χ1n) is 7.80. The lowest BCUT2D eigenvalue weighted by molar-refractivity contribution is -0.0616. The van der Waals surface area contributed by atoms with Gasteiger partial charge in [-0.25, -0.2) is 0 Å². The molecule has 1 heterocycles. The zero-order valence-corrected chi connectivity index (χ0v) is 12.9. The normalized spacial score (nSPS) is 19.4. The Balaban J connectivity index is 2.12. The van der Waals surface area contributed by atoms with E-state index >= 15 is 0 Å². The van der Waals surface area contributed by atoms with Gasteiger partial charge in [-0.2, -0.15) is 4.80 Å². The van der Waals surface area contributed by atoms with Gasteiger partial charge in [-0.1, -0.05) is 19.8 Å². The van der Waals surface area contributed by atoms with Crippen molar-refractivity contribution in [3.8, 4) is 0 Å². The molecule has 114 valence electrons. The van der Waals surface area contributed by atoms with Gasteiger partial charge in [-0.3, -0.25) is 0 Å². The maximum atomic E-state index is 6.18. The van der Waals surface area contributed by atoms with Crippen LogP contribution < -0.4 is 5.32 Å². The summed E-state index contributed by atoms with van der Waals surface area (Å²) in [7, 11) is 1.80. The third-order valence-corrected chi connectivity index (χ3v) is 4.09. The molecule has 0 aliphatic heterocycles. The van der Waals surface area contributed by atoms with Gasteiger partial charge in [0.2, 0.25) is 0 Å². The van der Waals surface area contributed by atoms with Crippen molar-refractivity contribution in [1.29, 1.82) is 0 Å². The van der Waals surface area contributed by atoms with Crippen molar-refractivity contribution in [3.05, 3.63) is 5.82 Å². The fraction of sp³-hybridized carbons (Fsp3) is 0.929. The summed E-state index contributed by atoms with van der Waals surface area (Å²) < 4.78 is 6.18. The molecule has 1 N–H and O–H groups in total. The number of hydrogen-bond donors (Lipinski definition) is 1. The number of aryl methyl sites for hydroxylation is 1. The van der Waals surface area contributed by atoms with Crippen LogP contribution in [0.4, 0.5) is 0 Å². The molecule has 1 saturated carbocycles. The summed E-state index contributed by atoms with van der Waals surface area (Å²) in [5.74, 6) is 0.798. The van der Waals surface area contributed by atoms with E-state index in [1.165, 1.54) is 17.6 Å². The lowest BCUT2D eigenvalue weighted by Crippen LogP contribution is -2.52. The first-order valence-corrected chi connectivity index (χ1v) is 7.80. The molecule has 1 atom stereocenters. The Hall–Kier alpha value is -1.01. The van der Waals surface area contributed by atoms with Crippen LogP contribution in [0.5, 0.6) is 0 Å². The summed E-state index contributed by atoms with van der Waals surface area (Å²) >= 11 is 0. The van der Waals surface area contributed by atoms with Crippen LogP contribution in [0.25, 0.3) is 0 Å². The number of rotatable bonds is 8. The molecular formula is C14H27N5O. The Labute approximate surface area is 121 Å². The quantitative estimate of drug-likeness (QED) is 0.781. The lowest BCUT2D eigenvalue weighted by Gasteiger charge is -2.37. The molecule has 0 bridgehead atoms. The van der Waals surface area contributed by atoms with Gasteiger partial charge in [0.25, 0.3) is 0 Å². The molecule has 1 aliphatic carbocycles. The average Bonchev–Trinajstić information content (AvgIpc) is 3.05. The smallest absolute Gasteiger partial charge is 0.176 e. The van der Waals surface area contributed by atoms with E-state index in [9.17, 15) is 0 Å². The molecule has 1 unspecified atom stereocenters. The zero-order chi connectivity index (χ0) is 14.4. The molecule has 1 aromatic heterocycles. The highest BCUT2D eigenvalue weighted by Crippen LogP contribution is 2.37. The highest BCUT2D eigenvalue weighted by molar-refractivity contribution is 5.01. The summed E-state index contributed by atoms with van der Waals surface area (Å²) in [6.45, 7) is 6.03. The van der Waals surface area contributed by atoms with Gasteiger partial charge in [0, 0.05) is 19.1 Å². The third kappa shape index (κ3) is 3.55. The molecule has 0 aromatic carbocycles. The van der Waals surface area contributed by atoms with Crippen molar-refractivity contribution >= 4 is 0 Å². The van der Waals surface area contributed by atoms with Gasteiger partial charge >= 0.3 is 0 Å². The van der Waals surface area contributed by atoms with Crippen LogP contribution in [0, 0.1) is 0 Å². The van der Waals surface area contributed by atoms with Gasteiger partial charge in [-0.15, -0.1) is 10.2 Å². The fourth-order valence-electron chi connectivity index (χ4n) is 3.20. The molecule has 0 spiro atoms. The highest BCUT2D eigenvalue weighted by Gasteiger charge is 2.42. The van der Waals surface area contributed by atoms with Crippen LogP contribution in [-0.4, -0.2) is 45.0 Å². The molecular weight excluding hydrogens is 254 g/mol. The minimum absolute atomic E-state index is 0.0525. The van der Waals surface area contributed by atoms with Gasteiger partial charge in [-0.05, 0) is 37.9 Å². The van der Waals surface area contributed by atoms with Gasteiger partial charge in [0.05, 0.1) is 12.6 Å². The van der Waals surface area contributed by atoms with Crippen LogP contribution in [-0.2, 0) is 18.2 Å². The van der Waals surface area contributed by atoms with E-state index in [1.54, 1.807) is 7.05 Å². The second kappa shape index (κ2) is 7.13. The molecule has 6 nitrogen and oxygen atoms in total. The topological polar surface area (TPSA) is 64.9 Å². The summed E-state index contributed by atoms with van der Waals surface area (Å²) in [6.07, 6.45) is 6.65. The monoisotopic (exact) mass is 281 g/mol. The predicted molar refractivity (Wildman–Crippen MR) is 77.4 cm³/mol. The molecule has 0 saturated heterocycles. The minimum atomic E-state index is -0.0525. The first kappa shape index (κ1) is 15.4. The fourth-order valence-corrected chi connectivity index (χ4v) is 3.20. The van der Waals surface area contributed by atoms with Crippen LogP contribution in [0.2, 0.25) is 0 Å². The Morgan fingerprint density at radius 1 is 1.35 bits per heavy atom. The number of nitrogens with zero attached hydrogens (tertiary/aromatic N) is 4. The Bertz CT molecular complexity index is 400. The Kier molecular flexibility index (Phi) is 5.48. The molecule has 0 amide bonds. The number of aromatic nitrogens is 4. The lowest BCUT2D eigenvalue weighted by atomic mass is 9.89. The summed E-state index contributed by atoms with van der Waals surface area (Å²) in [4.78, 5) is 1.52. The summed E-state index contributed by atoms with van der Waals surface area (Å²) in [6, 6.07) is 0.272. The largest absolute Gasteiger partial charge is 0.374 e. The van der Waals surface area contributed by atoms with Crippen LogP contribution >= 0.6 is 0 Å². The maximum Gasteiger partial charge on any atom is 0.176 e. The van der Waals surface area contributed by atoms with Gasteiger partial charge in [0.1, 0.15) is 0 Å². The molecule has 2 rings (SSSR count). The number of nitrogens with one attached hydrogen (secondary N) is 1. The van der Waals surface area contributed by atoms with Crippen molar-refractivity contribution in [2.75, 3.05) is 13.2 Å². The van der Waals surface area contributed by atoms with E-state index in [0.29, 0.717) is 0 Å². The van der Waals surface area contributed by atoms with Crippen LogP contribution in [0.15, 0.2) is 0 Å². The van der Waals surface area contributed by atoms with E-state index in [0.717, 1.165) is 44.7 Å². The van der Waals surface area contributed by atoms with E-state index < -0.39 is 0 Å². The van der Waals surface area contributed by atoms with Crippen molar-refractivity contribution < 1.29 is 4.74 Å². The molecule has 1 fully saturated rings. The number of ether oxygens (including phenoxy) is 1. The second-order valence-corrected chi connectivity index (χ2v) is 5.61. The maximum absolute atomic E-state index is 6.18. The zero-order valence-electron chi connectivity index (χ0n) is 12.9. The van der Waals surface area contributed by atoms with E-state index in [4.69, 9.17) is 4.74 Å². The number of tetrazole rings is 1. The van der Waals surface area contributed by atoms with Gasteiger partial charge in [0.15, 0.2) is 5.82 Å². The standard InChI is InChI=1S/C14H27N5O/c1-4-10-15-12(11-13-16-18-19(3)17-13)14(20-5-2)8-6-7-9-14/h12,15H,4-11H2,1-3H3. The van der Waals surface area contributed by atoms with E-state index in [1.807, 2.05) is 0 Å². The second-order valence-electron chi connectivity index (χ2n) is 5.61. The summed E-state index contributed by atoms with van der Waals surface area (Å²) in [5.41, 5.74) is -0.0525. The molecule has 1 aliphatic rings. The van der Waals surface area contributed by atoms with Crippen molar-refractivity contribution in [1.82, 2.24) is 25.5 Å². The van der Waals surface area contributed by atoms with Crippen molar-refractivity contribution in [3.63, 3.8) is 0 Å². The van der Waals surface area contributed by atoms with E-state index in [-0.39, 0.29) is 11.6 Å². The SMILES string of the molecule is CCCNC(Cc1nnn(C)n1)C1(OCC)CCCC1. The predicted octanol–water partition coefficient (Wildman–Crippen LogP) is 1.47. The van der Waals surface area contributed by atoms with E-state index in [2.05, 4.69) is 34.6 Å².